The van der Waals surface area contributed by atoms with Crippen LogP contribution in [-0.2, 0) is 35.2 Å². The zero-order valence-electron chi connectivity index (χ0n) is 20.9. The van der Waals surface area contributed by atoms with Gasteiger partial charge in [0.1, 0.15) is 18.1 Å². The van der Waals surface area contributed by atoms with Crippen LogP contribution in [0.15, 0.2) is 12.5 Å². The quantitative estimate of drug-likeness (QED) is 0.106. The molecular weight excluding hydrogens is 488 g/mol. The van der Waals surface area contributed by atoms with Gasteiger partial charge in [-0.3, -0.25) is 24.0 Å². The number of nitrogens with zero attached hydrogens (tertiary/aromatic N) is 1. The second-order valence-corrected chi connectivity index (χ2v) is 8.73. The lowest BCUT2D eigenvalue weighted by molar-refractivity contribution is -0.143. The van der Waals surface area contributed by atoms with E-state index in [1.54, 1.807) is 13.8 Å². The number of imidazole rings is 1. The highest BCUT2D eigenvalue weighted by Gasteiger charge is 2.32. The van der Waals surface area contributed by atoms with Gasteiger partial charge < -0.3 is 43.2 Å². The molecule has 5 unspecified atom stereocenters. The molecule has 15 nitrogen and oxygen atoms in total. The lowest BCUT2D eigenvalue weighted by atomic mass is 9.96. The molecule has 11 N–H and O–H groups in total. The molecule has 0 radical (unpaired) electrons. The second-order valence-electron chi connectivity index (χ2n) is 8.73. The highest BCUT2D eigenvalue weighted by molar-refractivity contribution is 5.94. The summed E-state index contributed by atoms with van der Waals surface area (Å²) < 4.78 is 0. The normalized spacial score (nSPS) is 14.9. The van der Waals surface area contributed by atoms with E-state index in [2.05, 4.69) is 25.9 Å². The molecular formula is C22H36N8O7. The fraction of sp³-hybridized carbons (Fsp3) is 0.591. The van der Waals surface area contributed by atoms with E-state index in [9.17, 15) is 33.9 Å². The first-order chi connectivity index (χ1) is 17.3. The monoisotopic (exact) mass is 524 g/mol. The van der Waals surface area contributed by atoms with Gasteiger partial charge in [0.25, 0.3) is 0 Å². The number of rotatable bonds is 17. The van der Waals surface area contributed by atoms with E-state index >= 15 is 0 Å². The Kier molecular flexibility index (Phi) is 12.7. The van der Waals surface area contributed by atoms with Crippen LogP contribution in [0.4, 0.5) is 0 Å². The third-order valence-electron chi connectivity index (χ3n) is 5.73. The third-order valence-corrected chi connectivity index (χ3v) is 5.73. The van der Waals surface area contributed by atoms with Gasteiger partial charge in [-0.05, 0) is 18.8 Å². The van der Waals surface area contributed by atoms with Gasteiger partial charge in [0.2, 0.25) is 29.5 Å². The number of amides is 5. The summed E-state index contributed by atoms with van der Waals surface area (Å²) in [7, 11) is 0. The van der Waals surface area contributed by atoms with Crippen LogP contribution in [0.1, 0.15) is 51.6 Å². The predicted molar refractivity (Wildman–Crippen MR) is 130 cm³/mol. The van der Waals surface area contributed by atoms with Gasteiger partial charge in [0, 0.05) is 31.2 Å². The van der Waals surface area contributed by atoms with Crippen molar-refractivity contribution in [1.29, 1.82) is 0 Å². The highest BCUT2D eigenvalue weighted by atomic mass is 16.4. The zero-order valence-corrected chi connectivity index (χ0v) is 20.9. The molecule has 5 atom stereocenters. The Morgan fingerprint density at radius 3 is 2.00 bits per heavy atom. The number of hydrogen-bond acceptors (Lipinski definition) is 8. The van der Waals surface area contributed by atoms with Crippen molar-refractivity contribution in [2.24, 2.45) is 23.1 Å². The Hall–Kier alpha value is -4.01. The average Bonchev–Trinajstić information content (AvgIpc) is 3.34. The molecule has 1 heterocycles. The van der Waals surface area contributed by atoms with Crippen molar-refractivity contribution in [3.8, 4) is 0 Å². The van der Waals surface area contributed by atoms with E-state index in [4.69, 9.17) is 17.2 Å². The van der Waals surface area contributed by atoms with Crippen LogP contribution in [0.5, 0.6) is 0 Å². The van der Waals surface area contributed by atoms with Crippen molar-refractivity contribution in [2.75, 3.05) is 0 Å². The maximum absolute atomic E-state index is 13.2. The topological polar surface area (TPSA) is 265 Å². The van der Waals surface area contributed by atoms with E-state index in [-0.39, 0.29) is 38.0 Å². The first-order valence-electron chi connectivity index (χ1n) is 11.8. The maximum Gasteiger partial charge on any atom is 0.326 e. The minimum absolute atomic E-state index is 0.145. The number of carbonyl (C=O) groups is 6. The minimum atomic E-state index is -1.46. The predicted octanol–water partition coefficient (Wildman–Crippen LogP) is -2.60. The number of nitrogens with two attached hydrogens (primary N) is 3. The molecule has 0 fully saturated rings. The molecule has 0 aliphatic carbocycles. The highest BCUT2D eigenvalue weighted by Crippen LogP contribution is 2.11. The fourth-order valence-corrected chi connectivity index (χ4v) is 3.32. The number of nitrogens with one attached hydrogen (secondary N) is 4. The number of H-pyrrole nitrogens is 1. The summed E-state index contributed by atoms with van der Waals surface area (Å²) in [6.45, 7) is 3.52. The van der Waals surface area contributed by atoms with E-state index in [1.807, 2.05) is 0 Å². The molecule has 0 aliphatic heterocycles. The van der Waals surface area contributed by atoms with Crippen molar-refractivity contribution in [3.05, 3.63) is 18.2 Å². The minimum Gasteiger partial charge on any atom is -0.480 e. The smallest absolute Gasteiger partial charge is 0.326 e. The van der Waals surface area contributed by atoms with Crippen LogP contribution in [0.25, 0.3) is 0 Å². The van der Waals surface area contributed by atoms with E-state index < -0.39 is 59.7 Å². The van der Waals surface area contributed by atoms with Crippen molar-refractivity contribution < 1.29 is 33.9 Å². The number of aliphatic carboxylic acids is 1. The van der Waals surface area contributed by atoms with Crippen LogP contribution in [0, 0.1) is 5.92 Å². The Balaban J connectivity index is 3.00. The molecule has 206 valence electrons. The van der Waals surface area contributed by atoms with Crippen LogP contribution >= 0.6 is 0 Å². The number of carbonyl (C=O) groups excluding carboxylic acids is 5. The molecule has 37 heavy (non-hydrogen) atoms. The van der Waals surface area contributed by atoms with Crippen LogP contribution in [0.2, 0.25) is 0 Å². The zero-order chi connectivity index (χ0) is 28.1. The fourth-order valence-electron chi connectivity index (χ4n) is 3.32. The molecule has 15 heteroatoms. The van der Waals surface area contributed by atoms with E-state index in [0.717, 1.165) is 0 Å². The van der Waals surface area contributed by atoms with Crippen molar-refractivity contribution in [3.63, 3.8) is 0 Å². The van der Waals surface area contributed by atoms with Gasteiger partial charge in [0.15, 0.2) is 0 Å². The lowest BCUT2D eigenvalue weighted by Gasteiger charge is -2.28. The summed E-state index contributed by atoms with van der Waals surface area (Å²) in [5, 5.41) is 16.7. The maximum atomic E-state index is 13.2. The molecule has 0 saturated heterocycles. The molecule has 1 aromatic heterocycles. The Bertz CT molecular complexity index is 953. The molecule has 0 bridgehead atoms. The number of hydrogen-bond donors (Lipinski definition) is 8. The largest absolute Gasteiger partial charge is 0.480 e. The van der Waals surface area contributed by atoms with Gasteiger partial charge in [0.05, 0.1) is 12.4 Å². The summed E-state index contributed by atoms with van der Waals surface area (Å²) in [4.78, 5) is 79.2. The average molecular weight is 525 g/mol. The third kappa shape index (κ3) is 11.1. The molecule has 0 aliphatic rings. The summed E-state index contributed by atoms with van der Waals surface area (Å²) in [6, 6.07) is -4.88. The number of aromatic nitrogens is 2. The summed E-state index contributed by atoms with van der Waals surface area (Å²) in [6.07, 6.45) is 2.51. The number of aromatic amines is 1. The van der Waals surface area contributed by atoms with Crippen molar-refractivity contribution in [2.45, 2.75) is 76.5 Å². The van der Waals surface area contributed by atoms with Crippen molar-refractivity contribution >= 4 is 35.5 Å². The first kappa shape index (κ1) is 31.0. The Morgan fingerprint density at radius 1 is 0.946 bits per heavy atom. The first-order valence-corrected chi connectivity index (χ1v) is 11.8. The molecule has 0 saturated carbocycles. The SMILES string of the molecule is CCC(C)C(NC(=O)C(N)Cc1cnc[nH]1)C(=O)NC(CCC(N)=O)C(=O)NC(CCC(N)=O)C(=O)O. The lowest BCUT2D eigenvalue weighted by Crippen LogP contribution is -2.59. The Labute approximate surface area is 213 Å². The van der Waals surface area contributed by atoms with Crippen LogP contribution in [0.3, 0.4) is 0 Å². The van der Waals surface area contributed by atoms with Gasteiger partial charge in [-0.25, -0.2) is 9.78 Å². The van der Waals surface area contributed by atoms with Crippen LogP contribution in [-0.4, -0.2) is 74.7 Å². The van der Waals surface area contributed by atoms with Crippen molar-refractivity contribution in [1.82, 2.24) is 25.9 Å². The second kappa shape index (κ2) is 15.2. The summed E-state index contributed by atoms with van der Waals surface area (Å²) >= 11 is 0. The number of primary amides is 2. The van der Waals surface area contributed by atoms with Gasteiger partial charge in [-0.2, -0.15) is 0 Å². The van der Waals surface area contributed by atoms with Crippen LogP contribution < -0.4 is 33.2 Å². The standard InChI is InChI=1S/C22H36N8O7/c1-3-11(2)18(30-19(33)13(23)8-12-9-26-10-27-12)21(35)28-14(4-6-16(24)31)20(34)29-15(22(36)37)5-7-17(25)32/h9-11,13-15,18H,3-8,23H2,1-2H3,(H2,24,31)(H2,25,32)(H,26,27)(H,28,35)(H,29,34)(H,30,33)(H,36,37). The number of carboxylic acids is 1. The molecule has 1 aromatic rings. The molecule has 1 rings (SSSR count). The van der Waals surface area contributed by atoms with Gasteiger partial charge >= 0.3 is 5.97 Å². The van der Waals surface area contributed by atoms with E-state index in [0.29, 0.717) is 12.1 Å². The Morgan fingerprint density at radius 2 is 1.51 bits per heavy atom. The van der Waals surface area contributed by atoms with Gasteiger partial charge in [-0.15, -0.1) is 0 Å². The van der Waals surface area contributed by atoms with Gasteiger partial charge in [-0.1, -0.05) is 20.3 Å². The summed E-state index contributed by atoms with van der Waals surface area (Å²) in [5.41, 5.74) is 16.8. The molecule has 0 aromatic carbocycles. The molecule has 0 spiro atoms. The summed E-state index contributed by atoms with van der Waals surface area (Å²) in [5.74, 6) is -5.52. The molecule has 5 amide bonds. The van der Waals surface area contributed by atoms with E-state index in [1.165, 1.54) is 12.5 Å². The number of carboxylic acid groups (broad SMARTS) is 1.